The van der Waals surface area contributed by atoms with Gasteiger partial charge < -0.3 is 10.3 Å². The third kappa shape index (κ3) is 1.52. The Morgan fingerprint density at radius 1 is 1.62 bits per heavy atom. The Balaban J connectivity index is 2.30. The second-order valence-corrected chi connectivity index (χ2v) is 3.50. The van der Waals surface area contributed by atoms with Crippen LogP contribution in [0.25, 0.3) is 5.57 Å². The molecule has 2 N–H and O–H groups in total. The lowest BCUT2D eigenvalue weighted by Gasteiger charge is -2.11. The summed E-state index contributed by atoms with van der Waals surface area (Å²) in [5.41, 5.74) is 7.42. The number of aromatic nitrogens is 2. The first-order valence-corrected chi connectivity index (χ1v) is 4.75. The molecule has 0 bridgehead atoms. The summed E-state index contributed by atoms with van der Waals surface area (Å²) in [5.74, 6) is 1.19. The van der Waals surface area contributed by atoms with Crippen LogP contribution in [0.2, 0.25) is 0 Å². The Labute approximate surface area is 78.3 Å². The molecule has 0 saturated carbocycles. The third-order valence-electron chi connectivity index (χ3n) is 2.52. The minimum absolute atomic E-state index is 0.496. The SMILES string of the molecule is C=C(CN)c1cn2c(n1)CCCC2. The van der Waals surface area contributed by atoms with E-state index < -0.39 is 0 Å². The van der Waals surface area contributed by atoms with E-state index in [4.69, 9.17) is 5.73 Å². The van der Waals surface area contributed by atoms with Crippen molar-refractivity contribution in [2.75, 3.05) is 6.54 Å². The van der Waals surface area contributed by atoms with Gasteiger partial charge in [0.1, 0.15) is 5.82 Å². The van der Waals surface area contributed by atoms with E-state index in [1.165, 1.54) is 18.7 Å². The number of nitrogens with zero attached hydrogens (tertiary/aromatic N) is 2. The van der Waals surface area contributed by atoms with Gasteiger partial charge in [-0.05, 0) is 18.4 Å². The number of nitrogens with two attached hydrogens (primary N) is 1. The van der Waals surface area contributed by atoms with Crippen molar-refractivity contribution in [3.05, 3.63) is 24.3 Å². The van der Waals surface area contributed by atoms with Crippen LogP contribution in [0.4, 0.5) is 0 Å². The molecule has 0 saturated heterocycles. The van der Waals surface area contributed by atoms with Crippen molar-refractivity contribution in [3.8, 4) is 0 Å². The van der Waals surface area contributed by atoms with Crippen molar-refractivity contribution in [1.82, 2.24) is 9.55 Å². The van der Waals surface area contributed by atoms with Gasteiger partial charge in [0.2, 0.25) is 0 Å². The first-order valence-electron chi connectivity index (χ1n) is 4.75. The molecule has 0 aliphatic carbocycles. The molecule has 1 aliphatic rings. The van der Waals surface area contributed by atoms with E-state index in [2.05, 4.69) is 22.3 Å². The van der Waals surface area contributed by atoms with Crippen molar-refractivity contribution in [1.29, 1.82) is 0 Å². The molecule has 0 radical (unpaired) electrons. The number of aryl methyl sites for hydroxylation is 2. The highest BCUT2D eigenvalue weighted by molar-refractivity contribution is 5.60. The van der Waals surface area contributed by atoms with Crippen LogP contribution in [0, 0.1) is 0 Å². The second kappa shape index (κ2) is 3.34. The summed E-state index contributed by atoms with van der Waals surface area (Å²) in [4.78, 5) is 4.50. The predicted octanol–water partition coefficient (Wildman–Crippen LogP) is 1.19. The van der Waals surface area contributed by atoms with Crippen molar-refractivity contribution in [2.24, 2.45) is 5.73 Å². The van der Waals surface area contributed by atoms with E-state index in [0.717, 1.165) is 24.2 Å². The molecule has 1 aromatic rings. The molecule has 0 atom stereocenters. The van der Waals surface area contributed by atoms with Gasteiger partial charge in [0.05, 0.1) is 5.69 Å². The fourth-order valence-corrected chi connectivity index (χ4v) is 1.69. The Hall–Kier alpha value is -1.09. The van der Waals surface area contributed by atoms with Crippen LogP contribution in [0.1, 0.15) is 24.4 Å². The van der Waals surface area contributed by atoms with Gasteiger partial charge >= 0.3 is 0 Å². The molecule has 70 valence electrons. The third-order valence-corrected chi connectivity index (χ3v) is 2.52. The standard InChI is InChI=1S/C10H15N3/c1-8(6-11)9-7-13-5-3-2-4-10(13)12-9/h7H,1-6,11H2. The summed E-state index contributed by atoms with van der Waals surface area (Å²) in [6.45, 7) is 5.48. The van der Waals surface area contributed by atoms with Gasteiger partial charge in [-0.15, -0.1) is 0 Å². The molecule has 1 aromatic heterocycles. The van der Waals surface area contributed by atoms with E-state index in [1.807, 2.05) is 0 Å². The van der Waals surface area contributed by atoms with E-state index in [-0.39, 0.29) is 0 Å². The van der Waals surface area contributed by atoms with Crippen LogP contribution in [-0.4, -0.2) is 16.1 Å². The van der Waals surface area contributed by atoms with Gasteiger partial charge in [-0.3, -0.25) is 0 Å². The van der Waals surface area contributed by atoms with Crippen molar-refractivity contribution in [2.45, 2.75) is 25.8 Å². The molecule has 3 nitrogen and oxygen atoms in total. The van der Waals surface area contributed by atoms with E-state index >= 15 is 0 Å². The Bertz CT molecular complexity index is 301. The molecule has 3 heteroatoms. The van der Waals surface area contributed by atoms with Crippen LogP contribution in [0.5, 0.6) is 0 Å². The minimum atomic E-state index is 0.496. The summed E-state index contributed by atoms with van der Waals surface area (Å²) in [6.07, 6.45) is 5.69. The van der Waals surface area contributed by atoms with Gasteiger partial charge in [0.15, 0.2) is 0 Å². The fraction of sp³-hybridized carbons (Fsp3) is 0.500. The van der Waals surface area contributed by atoms with Gasteiger partial charge in [-0.25, -0.2) is 4.98 Å². The molecule has 0 amide bonds. The summed E-state index contributed by atoms with van der Waals surface area (Å²) in [7, 11) is 0. The Kier molecular flexibility index (Phi) is 2.19. The van der Waals surface area contributed by atoms with Crippen LogP contribution >= 0.6 is 0 Å². The molecule has 0 aromatic carbocycles. The van der Waals surface area contributed by atoms with Crippen molar-refractivity contribution >= 4 is 5.57 Å². The molecular formula is C10H15N3. The summed E-state index contributed by atoms with van der Waals surface area (Å²) >= 11 is 0. The number of imidazole rings is 1. The lowest BCUT2D eigenvalue weighted by atomic mass is 10.2. The lowest BCUT2D eigenvalue weighted by Crippen LogP contribution is -2.08. The summed E-state index contributed by atoms with van der Waals surface area (Å²) in [5, 5.41) is 0. The van der Waals surface area contributed by atoms with Crippen LogP contribution in [0.15, 0.2) is 12.8 Å². The highest BCUT2D eigenvalue weighted by atomic mass is 15.1. The smallest absolute Gasteiger partial charge is 0.109 e. The maximum Gasteiger partial charge on any atom is 0.109 e. The molecule has 0 fully saturated rings. The first kappa shape index (κ1) is 8.51. The quantitative estimate of drug-likeness (QED) is 0.737. The van der Waals surface area contributed by atoms with E-state index in [9.17, 15) is 0 Å². The molecule has 0 spiro atoms. The number of hydrogen-bond donors (Lipinski definition) is 1. The molecular weight excluding hydrogens is 162 g/mol. The maximum absolute atomic E-state index is 5.51. The van der Waals surface area contributed by atoms with Gasteiger partial charge in [0.25, 0.3) is 0 Å². The highest BCUT2D eigenvalue weighted by Crippen LogP contribution is 2.17. The molecule has 2 heterocycles. The van der Waals surface area contributed by atoms with Gasteiger partial charge in [0, 0.05) is 25.7 Å². The second-order valence-electron chi connectivity index (χ2n) is 3.50. The number of fused-ring (bicyclic) bond motifs is 1. The van der Waals surface area contributed by atoms with Gasteiger partial charge in [-0.1, -0.05) is 6.58 Å². The van der Waals surface area contributed by atoms with Crippen LogP contribution in [-0.2, 0) is 13.0 Å². The molecule has 0 unspecified atom stereocenters. The summed E-state index contributed by atoms with van der Waals surface area (Å²) < 4.78 is 2.22. The predicted molar refractivity (Wildman–Crippen MR) is 53.3 cm³/mol. The summed E-state index contributed by atoms with van der Waals surface area (Å²) in [6, 6.07) is 0. The number of rotatable bonds is 2. The van der Waals surface area contributed by atoms with E-state index in [0.29, 0.717) is 6.54 Å². The number of hydrogen-bond acceptors (Lipinski definition) is 2. The van der Waals surface area contributed by atoms with E-state index in [1.54, 1.807) is 0 Å². The Morgan fingerprint density at radius 3 is 3.15 bits per heavy atom. The maximum atomic E-state index is 5.51. The van der Waals surface area contributed by atoms with Crippen LogP contribution < -0.4 is 5.73 Å². The zero-order valence-electron chi connectivity index (χ0n) is 7.79. The van der Waals surface area contributed by atoms with Gasteiger partial charge in [-0.2, -0.15) is 0 Å². The van der Waals surface area contributed by atoms with Crippen molar-refractivity contribution in [3.63, 3.8) is 0 Å². The molecule has 1 aliphatic heterocycles. The first-order chi connectivity index (χ1) is 6.31. The molecule has 2 rings (SSSR count). The average molecular weight is 177 g/mol. The lowest BCUT2D eigenvalue weighted by molar-refractivity contribution is 0.522. The normalized spacial score (nSPS) is 15.5. The molecule has 13 heavy (non-hydrogen) atoms. The monoisotopic (exact) mass is 177 g/mol. The minimum Gasteiger partial charge on any atom is -0.334 e. The largest absolute Gasteiger partial charge is 0.334 e. The average Bonchev–Trinajstić information content (AvgIpc) is 2.59. The zero-order valence-corrected chi connectivity index (χ0v) is 7.79. The fourth-order valence-electron chi connectivity index (χ4n) is 1.69. The van der Waals surface area contributed by atoms with Crippen LogP contribution in [0.3, 0.4) is 0 Å². The highest BCUT2D eigenvalue weighted by Gasteiger charge is 2.12. The zero-order chi connectivity index (χ0) is 9.26. The Morgan fingerprint density at radius 2 is 2.46 bits per heavy atom. The topological polar surface area (TPSA) is 43.8 Å². The van der Waals surface area contributed by atoms with Crippen molar-refractivity contribution < 1.29 is 0 Å².